The molecule has 0 saturated carbocycles. The Hall–Kier alpha value is -1.28. The number of hydrogen-bond donors (Lipinski definition) is 1. The lowest BCUT2D eigenvalue weighted by atomic mass is 9.82. The molecule has 1 saturated heterocycles. The summed E-state index contributed by atoms with van der Waals surface area (Å²) in [7, 11) is 0. The van der Waals surface area contributed by atoms with Crippen LogP contribution in [0.4, 0.5) is 26.3 Å². The Morgan fingerprint density at radius 2 is 1.52 bits per heavy atom. The van der Waals surface area contributed by atoms with E-state index in [1.807, 2.05) is 0 Å². The second kappa shape index (κ2) is 5.17. The molecule has 0 bridgehead atoms. The van der Waals surface area contributed by atoms with E-state index >= 15 is 0 Å². The van der Waals surface area contributed by atoms with Gasteiger partial charge in [-0.3, -0.25) is 0 Å². The van der Waals surface area contributed by atoms with Gasteiger partial charge in [0.1, 0.15) is 0 Å². The van der Waals surface area contributed by atoms with Crippen molar-refractivity contribution >= 4 is 0 Å². The maximum atomic E-state index is 13.0. The van der Waals surface area contributed by atoms with Crippen molar-refractivity contribution in [3.8, 4) is 0 Å². The molecule has 8 heteroatoms. The van der Waals surface area contributed by atoms with E-state index in [-0.39, 0.29) is 26.1 Å². The first-order valence-corrected chi connectivity index (χ1v) is 6.13. The zero-order valence-electron chi connectivity index (χ0n) is 10.7. The van der Waals surface area contributed by atoms with E-state index in [4.69, 9.17) is 4.74 Å². The molecule has 2 rings (SSSR count). The van der Waals surface area contributed by atoms with Crippen molar-refractivity contribution in [2.45, 2.75) is 30.8 Å². The summed E-state index contributed by atoms with van der Waals surface area (Å²) in [5.74, 6) is 0. The molecule has 1 heterocycles. The molecule has 1 aliphatic heterocycles. The van der Waals surface area contributed by atoms with Crippen LogP contribution in [-0.2, 0) is 22.7 Å². The monoisotopic (exact) mass is 314 g/mol. The van der Waals surface area contributed by atoms with E-state index in [1.54, 1.807) is 0 Å². The summed E-state index contributed by atoms with van der Waals surface area (Å²) in [6.07, 6.45) is -9.98. The van der Waals surface area contributed by atoms with Crippen LogP contribution >= 0.6 is 0 Å². The molecule has 0 radical (unpaired) electrons. The predicted octanol–water partition coefficient (Wildman–Crippen LogP) is 3.72. The van der Waals surface area contributed by atoms with Crippen molar-refractivity contribution in [2.24, 2.45) is 0 Å². The van der Waals surface area contributed by atoms with Crippen LogP contribution in [0.5, 0.6) is 0 Å². The van der Waals surface area contributed by atoms with Gasteiger partial charge in [-0.2, -0.15) is 26.3 Å². The van der Waals surface area contributed by atoms with Gasteiger partial charge in [-0.25, -0.2) is 0 Å². The first kappa shape index (κ1) is 16.1. The molecule has 1 fully saturated rings. The molecule has 2 nitrogen and oxygen atoms in total. The number of aliphatic hydroxyl groups is 1. The summed E-state index contributed by atoms with van der Waals surface area (Å²) >= 11 is 0. The van der Waals surface area contributed by atoms with Crippen molar-refractivity contribution in [1.82, 2.24) is 0 Å². The molecule has 0 amide bonds. The van der Waals surface area contributed by atoms with Crippen LogP contribution in [0.25, 0.3) is 0 Å². The van der Waals surface area contributed by atoms with Crippen LogP contribution < -0.4 is 0 Å². The number of ether oxygens (including phenoxy) is 1. The summed E-state index contributed by atoms with van der Waals surface area (Å²) in [5, 5.41) is 10.3. The number of rotatable bonds is 1. The Balaban J connectivity index is 2.58. The standard InChI is InChI=1S/C13H12F6O2/c14-12(15,16)8-1-2-9(13(17,18)19)10(7-8)11(20)3-5-21-6-4-11/h1-2,7,20H,3-6H2. The van der Waals surface area contributed by atoms with E-state index in [0.29, 0.717) is 18.2 Å². The number of alkyl halides is 6. The number of hydrogen-bond acceptors (Lipinski definition) is 2. The molecule has 118 valence electrons. The lowest BCUT2D eigenvalue weighted by Crippen LogP contribution is -2.35. The van der Waals surface area contributed by atoms with Crippen molar-refractivity contribution in [2.75, 3.05) is 13.2 Å². The Morgan fingerprint density at radius 1 is 0.952 bits per heavy atom. The minimum atomic E-state index is -4.84. The van der Waals surface area contributed by atoms with E-state index in [2.05, 4.69) is 0 Å². The van der Waals surface area contributed by atoms with Gasteiger partial charge in [-0.05, 0) is 23.8 Å². The lowest BCUT2D eigenvalue weighted by Gasteiger charge is -2.34. The average Bonchev–Trinajstić information content (AvgIpc) is 2.37. The minimum absolute atomic E-state index is 0.00988. The Morgan fingerprint density at radius 3 is 2.00 bits per heavy atom. The normalized spacial score (nSPS) is 19.6. The highest BCUT2D eigenvalue weighted by molar-refractivity contribution is 5.39. The van der Waals surface area contributed by atoms with E-state index in [9.17, 15) is 31.4 Å². The summed E-state index contributed by atoms with van der Waals surface area (Å²) < 4.78 is 82.0. The summed E-state index contributed by atoms with van der Waals surface area (Å²) in [6, 6.07) is 1.12. The minimum Gasteiger partial charge on any atom is -0.385 e. The van der Waals surface area contributed by atoms with Gasteiger partial charge < -0.3 is 9.84 Å². The fourth-order valence-corrected chi connectivity index (χ4v) is 2.33. The highest BCUT2D eigenvalue weighted by Crippen LogP contribution is 2.43. The predicted molar refractivity (Wildman–Crippen MR) is 60.4 cm³/mol. The van der Waals surface area contributed by atoms with Crippen LogP contribution in [0.1, 0.15) is 29.5 Å². The topological polar surface area (TPSA) is 29.5 Å². The van der Waals surface area contributed by atoms with Crippen molar-refractivity contribution < 1.29 is 36.2 Å². The van der Waals surface area contributed by atoms with E-state index in [1.165, 1.54) is 0 Å². The summed E-state index contributed by atoms with van der Waals surface area (Å²) in [5.41, 5.74) is -5.18. The molecule has 0 spiro atoms. The Kier molecular flexibility index (Phi) is 3.96. The maximum Gasteiger partial charge on any atom is 0.416 e. The second-order valence-corrected chi connectivity index (χ2v) is 4.90. The van der Waals surface area contributed by atoms with Crippen molar-refractivity contribution in [1.29, 1.82) is 0 Å². The molecule has 1 N–H and O–H groups in total. The second-order valence-electron chi connectivity index (χ2n) is 4.90. The zero-order chi connectivity index (χ0) is 15.9. The highest BCUT2D eigenvalue weighted by atomic mass is 19.4. The zero-order valence-corrected chi connectivity index (χ0v) is 10.7. The van der Waals surface area contributed by atoms with Gasteiger partial charge in [0.25, 0.3) is 0 Å². The number of benzene rings is 1. The molecule has 21 heavy (non-hydrogen) atoms. The van der Waals surface area contributed by atoms with E-state index < -0.39 is 34.6 Å². The third kappa shape index (κ3) is 3.32. The fraction of sp³-hybridized carbons (Fsp3) is 0.538. The van der Waals surface area contributed by atoms with Gasteiger partial charge in [0.15, 0.2) is 0 Å². The SMILES string of the molecule is OC1(c2cc(C(F)(F)F)ccc2C(F)(F)F)CCOCC1. The molecular formula is C13H12F6O2. The van der Waals surface area contributed by atoms with Gasteiger partial charge >= 0.3 is 12.4 Å². The molecule has 1 aliphatic rings. The van der Waals surface area contributed by atoms with Crippen LogP contribution in [0.15, 0.2) is 18.2 Å². The lowest BCUT2D eigenvalue weighted by molar-refractivity contribution is -0.146. The first-order chi connectivity index (χ1) is 9.54. The Bertz CT molecular complexity index is 514. The molecule has 0 unspecified atom stereocenters. The maximum absolute atomic E-state index is 13.0. The highest BCUT2D eigenvalue weighted by Gasteiger charge is 2.43. The van der Waals surface area contributed by atoms with Crippen molar-refractivity contribution in [3.63, 3.8) is 0 Å². The third-order valence-electron chi connectivity index (χ3n) is 3.47. The summed E-state index contributed by atoms with van der Waals surface area (Å²) in [4.78, 5) is 0. The molecule has 0 atom stereocenters. The van der Waals surface area contributed by atoms with E-state index in [0.717, 1.165) is 0 Å². The molecule has 1 aromatic rings. The first-order valence-electron chi connectivity index (χ1n) is 6.13. The van der Waals surface area contributed by atoms with Gasteiger partial charge in [0.05, 0.1) is 16.7 Å². The average molecular weight is 314 g/mol. The van der Waals surface area contributed by atoms with Gasteiger partial charge in [0.2, 0.25) is 0 Å². The quantitative estimate of drug-likeness (QED) is 0.801. The smallest absolute Gasteiger partial charge is 0.385 e. The van der Waals surface area contributed by atoms with Crippen molar-refractivity contribution in [3.05, 3.63) is 34.9 Å². The van der Waals surface area contributed by atoms with Crippen LogP contribution in [-0.4, -0.2) is 18.3 Å². The van der Waals surface area contributed by atoms with Crippen LogP contribution in [0.3, 0.4) is 0 Å². The largest absolute Gasteiger partial charge is 0.416 e. The van der Waals surface area contributed by atoms with Gasteiger partial charge in [-0.1, -0.05) is 0 Å². The molecule has 0 aliphatic carbocycles. The van der Waals surface area contributed by atoms with Crippen LogP contribution in [0, 0.1) is 0 Å². The van der Waals surface area contributed by atoms with Crippen LogP contribution in [0.2, 0.25) is 0 Å². The fourth-order valence-electron chi connectivity index (χ4n) is 2.33. The molecule has 1 aromatic carbocycles. The van der Waals surface area contributed by atoms with Gasteiger partial charge in [-0.15, -0.1) is 0 Å². The Labute approximate surface area is 116 Å². The van der Waals surface area contributed by atoms with Gasteiger partial charge in [0, 0.05) is 26.1 Å². The number of halogens is 6. The third-order valence-corrected chi connectivity index (χ3v) is 3.47. The molecular weight excluding hydrogens is 302 g/mol. The molecule has 0 aromatic heterocycles. The summed E-state index contributed by atoms with van der Waals surface area (Å²) in [6.45, 7) is -0.0198.